The predicted octanol–water partition coefficient (Wildman–Crippen LogP) is 4.13. The van der Waals surface area contributed by atoms with Gasteiger partial charge in [-0.3, -0.25) is 0 Å². The van der Waals surface area contributed by atoms with Gasteiger partial charge in [-0.1, -0.05) is 11.6 Å². The third-order valence-corrected chi connectivity index (χ3v) is 5.13. The lowest BCUT2D eigenvalue weighted by molar-refractivity contribution is 0.388. The van der Waals surface area contributed by atoms with E-state index in [1.54, 1.807) is 17.7 Å². The number of nitrogens with zero attached hydrogens (tertiary/aromatic N) is 2. The Balaban J connectivity index is 2.09. The third-order valence-electron chi connectivity index (χ3n) is 3.23. The van der Waals surface area contributed by atoms with Gasteiger partial charge in [0.15, 0.2) is 0 Å². The van der Waals surface area contributed by atoms with Gasteiger partial charge >= 0.3 is 0 Å². The quantitative estimate of drug-likeness (QED) is 0.593. The summed E-state index contributed by atoms with van der Waals surface area (Å²) in [5.74, 6) is 0.553. The van der Waals surface area contributed by atoms with Gasteiger partial charge in [0.1, 0.15) is 39.3 Å². The van der Waals surface area contributed by atoms with Crippen LogP contribution >= 0.6 is 45.9 Å². The number of thiophene rings is 1. The molecule has 17 heavy (non-hydrogen) atoms. The van der Waals surface area contributed by atoms with Crippen LogP contribution in [0.25, 0.3) is 10.2 Å². The van der Waals surface area contributed by atoms with Crippen molar-refractivity contribution in [3.05, 3.63) is 21.9 Å². The van der Waals surface area contributed by atoms with Crippen LogP contribution in [-0.4, -0.2) is 16.6 Å². The van der Waals surface area contributed by atoms with Gasteiger partial charge in [0.2, 0.25) is 0 Å². The van der Waals surface area contributed by atoms with Crippen molar-refractivity contribution in [1.29, 1.82) is 0 Å². The van der Waals surface area contributed by atoms with E-state index in [2.05, 4.69) is 9.97 Å². The topological polar surface area (TPSA) is 35.0 Å². The second-order valence-corrected chi connectivity index (χ2v) is 6.19. The third kappa shape index (κ3) is 2.07. The molecule has 0 unspecified atom stereocenters. The molecule has 2 aromatic heterocycles. The van der Waals surface area contributed by atoms with Crippen molar-refractivity contribution in [3.8, 4) is 0 Å². The molecule has 3 nitrogen and oxygen atoms in total. The van der Waals surface area contributed by atoms with E-state index in [9.17, 15) is 0 Å². The van der Waals surface area contributed by atoms with Crippen molar-refractivity contribution in [2.24, 2.45) is 0 Å². The summed E-state index contributed by atoms with van der Waals surface area (Å²) >= 11 is 9.91. The molecule has 0 radical (unpaired) electrons. The molecule has 2 aromatic rings. The Bertz CT molecular complexity index is 560. The minimum Gasteiger partial charge on any atom is -0.316 e. The van der Waals surface area contributed by atoms with Gasteiger partial charge < -0.3 is 3.07 Å². The summed E-state index contributed by atoms with van der Waals surface area (Å²) in [6.07, 6.45) is 4.92. The molecule has 0 aliphatic heterocycles. The molecule has 0 fully saturated rings. The van der Waals surface area contributed by atoms with Crippen LogP contribution < -0.4 is 0 Å². The van der Waals surface area contributed by atoms with Crippen LogP contribution in [0.2, 0.25) is 5.15 Å². The van der Waals surface area contributed by atoms with Crippen LogP contribution in [0, 0.1) is 0 Å². The van der Waals surface area contributed by atoms with E-state index in [0.717, 1.165) is 29.7 Å². The molecular weight excluding hydrogens is 371 g/mol. The van der Waals surface area contributed by atoms with E-state index in [4.69, 9.17) is 14.7 Å². The van der Waals surface area contributed by atoms with Gasteiger partial charge in [0.25, 0.3) is 0 Å². The second kappa shape index (κ2) is 4.95. The van der Waals surface area contributed by atoms with Crippen LogP contribution in [0.3, 0.4) is 0 Å². The molecule has 3 rings (SSSR count). The first-order valence-electron chi connectivity index (χ1n) is 5.46. The molecule has 0 saturated heterocycles. The van der Waals surface area contributed by atoms with Crippen LogP contribution in [0.15, 0.2) is 6.33 Å². The van der Waals surface area contributed by atoms with Crippen molar-refractivity contribution in [2.45, 2.75) is 25.2 Å². The molecule has 1 atom stereocenters. The fourth-order valence-electron chi connectivity index (χ4n) is 2.51. The summed E-state index contributed by atoms with van der Waals surface area (Å²) in [4.78, 5) is 10.9. The Hall–Kier alpha value is 0.0200. The number of aryl methyl sites for hydroxylation is 1. The lowest BCUT2D eigenvalue weighted by Gasteiger charge is -2.09. The lowest BCUT2D eigenvalue weighted by atomic mass is 9.98. The minimum atomic E-state index is 0.553. The summed E-state index contributed by atoms with van der Waals surface area (Å²) in [7, 11) is 0. The zero-order valence-electron chi connectivity index (χ0n) is 8.95. The highest BCUT2D eigenvalue weighted by Crippen LogP contribution is 2.46. The van der Waals surface area contributed by atoms with E-state index < -0.39 is 0 Å². The number of rotatable bonds is 3. The molecular formula is C11H10ClIN2OS. The summed E-state index contributed by atoms with van der Waals surface area (Å²) in [5.41, 5.74) is 1.38. The molecule has 0 aromatic carbocycles. The van der Waals surface area contributed by atoms with E-state index in [1.165, 1.54) is 16.9 Å². The maximum absolute atomic E-state index is 6.20. The van der Waals surface area contributed by atoms with Gasteiger partial charge in [-0.05, 0) is 30.7 Å². The Morgan fingerprint density at radius 2 is 2.41 bits per heavy atom. The molecule has 1 aliphatic carbocycles. The van der Waals surface area contributed by atoms with Gasteiger partial charge in [0, 0.05) is 4.88 Å². The first-order valence-corrected chi connectivity index (χ1v) is 7.54. The highest BCUT2D eigenvalue weighted by molar-refractivity contribution is 14.1. The van der Waals surface area contributed by atoms with Crippen molar-refractivity contribution < 1.29 is 3.07 Å². The molecule has 6 heteroatoms. The molecule has 0 N–H and O–H groups in total. The smallest absolute Gasteiger partial charge is 0.141 e. The molecule has 90 valence electrons. The molecule has 0 amide bonds. The molecule has 2 heterocycles. The number of fused-ring (bicyclic) bond motifs is 3. The van der Waals surface area contributed by atoms with Crippen LogP contribution in [0.1, 0.15) is 29.2 Å². The Labute approximate surface area is 122 Å². The van der Waals surface area contributed by atoms with Crippen molar-refractivity contribution in [2.75, 3.05) is 6.61 Å². The average molecular weight is 381 g/mol. The number of hydrogen-bond acceptors (Lipinski definition) is 4. The van der Waals surface area contributed by atoms with Gasteiger partial charge in [-0.15, -0.1) is 11.3 Å². The van der Waals surface area contributed by atoms with E-state index >= 15 is 0 Å². The van der Waals surface area contributed by atoms with Crippen molar-refractivity contribution >= 4 is 56.2 Å². The van der Waals surface area contributed by atoms with E-state index in [0.29, 0.717) is 11.1 Å². The maximum atomic E-state index is 6.20. The van der Waals surface area contributed by atoms with E-state index in [1.807, 2.05) is 23.0 Å². The zero-order valence-corrected chi connectivity index (χ0v) is 12.7. The predicted molar refractivity (Wildman–Crippen MR) is 78.1 cm³/mol. The summed E-state index contributed by atoms with van der Waals surface area (Å²) in [5, 5.41) is 1.67. The Kier molecular flexibility index (Phi) is 3.52. The fraction of sp³-hybridized carbons (Fsp3) is 0.455. The van der Waals surface area contributed by atoms with Gasteiger partial charge in [0.05, 0.1) is 12.0 Å². The van der Waals surface area contributed by atoms with Gasteiger partial charge in [-0.25, -0.2) is 9.97 Å². The number of hydrogen-bond donors (Lipinski definition) is 0. The molecule has 0 saturated carbocycles. The van der Waals surface area contributed by atoms with Crippen molar-refractivity contribution in [1.82, 2.24) is 9.97 Å². The SMILES string of the molecule is Clc1ncnc2sc3c(c12)[C@@H](CCOI)CC3. The number of aromatic nitrogens is 2. The zero-order chi connectivity index (χ0) is 11.8. The Morgan fingerprint density at radius 1 is 1.53 bits per heavy atom. The fourth-order valence-corrected chi connectivity index (χ4v) is 4.29. The largest absolute Gasteiger partial charge is 0.316 e. The summed E-state index contributed by atoms with van der Waals surface area (Å²) < 4.78 is 5.15. The summed E-state index contributed by atoms with van der Waals surface area (Å²) in [6.45, 7) is 0.785. The molecule has 0 bridgehead atoms. The first kappa shape index (κ1) is 12.1. The van der Waals surface area contributed by atoms with E-state index in [-0.39, 0.29) is 0 Å². The minimum absolute atomic E-state index is 0.553. The van der Waals surface area contributed by atoms with Crippen LogP contribution in [0.5, 0.6) is 0 Å². The Morgan fingerprint density at radius 3 is 3.24 bits per heavy atom. The summed E-state index contributed by atoms with van der Waals surface area (Å²) in [6, 6.07) is 0. The highest BCUT2D eigenvalue weighted by atomic mass is 127. The normalized spacial score (nSPS) is 18.8. The van der Waals surface area contributed by atoms with Crippen molar-refractivity contribution in [3.63, 3.8) is 0 Å². The standard InChI is InChI=1S/C11H10ClIN2OS/c12-10-9-8-6(3-4-16-13)1-2-7(8)17-11(9)15-5-14-10/h5-6H,1-4H2/t6-/m1/s1. The second-order valence-electron chi connectivity index (χ2n) is 4.12. The number of halogens is 2. The molecule has 0 spiro atoms. The first-order chi connectivity index (χ1) is 8.31. The maximum Gasteiger partial charge on any atom is 0.141 e. The van der Waals surface area contributed by atoms with Crippen LogP contribution in [0.4, 0.5) is 0 Å². The lowest BCUT2D eigenvalue weighted by Crippen LogP contribution is -1.97. The average Bonchev–Trinajstić information content (AvgIpc) is 2.85. The highest BCUT2D eigenvalue weighted by Gasteiger charge is 2.28. The monoisotopic (exact) mass is 380 g/mol. The molecule has 1 aliphatic rings. The van der Waals surface area contributed by atoms with Gasteiger partial charge in [-0.2, -0.15) is 0 Å². The van der Waals surface area contributed by atoms with Crippen LogP contribution in [-0.2, 0) is 9.49 Å².